The molecule has 1 aliphatic rings. The maximum absolute atomic E-state index is 12.7. The number of thiazole rings is 1. The molecular weight excluding hydrogens is 430 g/mol. The van der Waals surface area contributed by atoms with Crippen LogP contribution in [-0.4, -0.2) is 68.5 Å². The summed E-state index contributed by atoms with van der Waals surface area (Å²) in [5.74, 6) is -3.34. The fraction of sp³-hybridized carbons (Fsp3) is 0.500. The molecule has 29 heavy (non-hydrogen) atoms. The summed E-state index contributed by atoms with van der Waals surface area (Å²) < 4.78 is 32.0. The van der Waals surface area contributed by atoms with Crippen molar-refractivity contribution in [2.45, 2.75) is 44.9 Å². The lowest BCUT2D eigenvalue weighted by Crippen LogP contribution is -2.72. The number of carboxylic acids is 1. The Hall–Kier alpha value is -2.78. The number of amides is 2. The fourth-order valence-electron chi connectivity index (χ4n) is 2.37. The highest BCUT2D eigenvalue weighted by molar-refractivity contribution is 7.84. The monoisotopic (exact) mass is 449 g/mol. The number of carbonyl (C=O) groups is 3. The van der Waals surface area contributed by atoms with Crippen LogP contribution in [0, 0.1) is 0 Å². The fourth-order valence-corrected chi connectivity index (χ4v) is 3.87. The van der Waals surface area contributed by atoms with Gasteiger partial charge >= 0.3 is 16.3 Å². The van der Waals surface area contributed by atoms with Gasteiger partial charge in [0.2, 0.25) is 5.60 Å². The standard InChI is InChI=1S/C14H19N5O8S2/c1-4-7-9(11(21)19(7)29(24,25)26)17-10(20)8(6-5-28-13(15)16-6)18-27-14(2,3)12(22)23/h5,7,9H,4H2,1-3H3,(H2,15,16)(H,17,20)(H,22,23)(H,24,25,26)/t7-,9-/m1/s1. The summed E-state index contributed by atoms with van der Waals surface area (Å²) in [6.45, 7) is 3.97. The summed E-state index contributed by atoms with van der Waals surface area (Å²) in [4.78, 5) is 44.8. The van der Waals surface area contributed by atoms with Crippen molar-refractivity contribution in [2.75, 3.05) is 5.73 Å². The van der Waals surface area contributed by atoms with Gasteiger partial charge < -0.3 is 21.0 Å². The summed E-state index contributed by atoms with van der Waals surface area (Å²) in [7, 11) is -4.77. The molecule has 13 nitrogen and oxygen atoms in total. The van der Waals surface area contributed by atoms with E-state index in [9.17, 15) is 22.8 Å². The van der Waals surface area contributed by atoms with Gasteiger partial charge in [-0.25, -0.2) is 14.1 Å². The van der Waals surface area contributed by atoms with Gasteiger partial charge in [-0.1, -0.05) is 12.1 Å². The predicted molar refractivity (Wildman–Crippen MR) is 100 cm³/mol. The van der Waals surface area contributed by atoms with E-state index in [1.165, 1.54) is 19.2 Å². The molecule has 1 aromatic heterocycles. The molecule has 0 spiro atoms. The molecule has 2 heterocycles. The van der Waals surface area contributed by atoms with Gasteiger partial charge in [0, 0.05) is 5.38 Å². The maximum atomic E-state index is 12.7. The third kappa shape index (κ3) is 4.63. The van der Waals surface area contributed by atoms with E-state index in [-0.39, 0.29) is 21.6 Å². The van der Waals surface area contributed by atoms with Crippen LogP contribution in [0.2, 0.25) is 0 Å². The van der Waals surface area contributed by atoms with Crippen molar-refractivity contribution < 1.29 is 37.3 Å². The summed E-state index contributed by atoms with van der Waals surface area (Å²) in [5.41, 5.74) is 3.29. The number of anilines is 1. The van der Waals surface area contributed by atoms with Crippen molar-refractivity contribution in [1.29, 1.82) is 0 Å². The number of carboxylic acid groups (broad SMARTS) is 1. The number of hydrogen-bond acceptors (Lipinski definition) is 10. The minimum absolute atomic E-state index is 0.0300. The van der Waals surface area contributed by atoms with E-state index >= 15 is 0 Å². The summed E-state index contributed by atoms with van der Waals surface area (Å²) in [5, 5.41) is 16.5. The normalized spacial score (nSPS) is 20.2. The smallest absolute Gasteiger partial charge is 0.362 e. The molecule has 2 rings (SSSR count). The Balaban J connectivity index is 2.29. The number of β-lactam (4-membered cyclic amide) rings is 1. The van der Waals surface area contributed by atoms with E-state index in [2.05, 4.69) is 15.5 Å². The first-order chi connectivity index (χ1) is 13.3. The average molecular weight is 449 g/mol. The van der Waals surface area contributed by atoms with E-state index in [0.717, 1.165) is 11.3 Å². The summed E-state index contributed by atoms with van der Waals surface area (Å²) in [6.07, 6.45) is 0.120. The molecule has 1 saturated heterocycles. The van der Waals surface area contributed by atoms with E-state index in [4.69, 9.17) is 20.2 Å². The molecule has 1 fully saturated rings. The number of nitrogens with two attached hydrogens (primary N) is 1. The van der Waals surface area contributed by atoms with E-state index in [1.54, 1.807) is 6.92 Å². The van der Waals surface area contributed by atoms with Crippen molar-refractivity contribution in [2.24, 2.45) is 5.16 Å². The number of carbonyl (C=O) groups excluding carboxylic acids is 2. The molecule has 0 radical (unpaired) electrons. The molecular formula is C14H19N5O8S2. The Morgan fingerprint density at radius 2 is 2.10 bits per heavy atom. The number of nitrogens with one attached hydrogen (secondary N) is 1. The number of aromatic nitrogens is 1. The van der Waals surface area contributed by atoms with Crippen molar-refractivity contribution in [3.05, 3.63) is 11.1 Å². The third-order valence-electron chi connectivity index (χ3n) is 3.98. The first-order valence-electron chi connectivity index (χ1n) is 8.12. The quantitative estimate of drug-likeness (QED) is 0.169. The van der Waals surface area contributed by atoms with Gasteiger partial charge in [0.25, 0.3) is 11.8 Å². The first-order valence-corrected chi connectivity index (χ1v) is 10.4. The van der Waals surface area contributed by atoms with Gasteiger partial charge in [-0.2, -0.15) is 8.42 Å². The second-order valence-corrected chi connectivity index (χ2v) is 8.63. The van der Waals surface area contributed by atoms with Gasteiger partial charge in [-0.15, -0.1) is 11.3 Å². The number of nitrogen functional groups attached to an aromatic ring is 1. The molecule has 0 aromatic carbocycles. The molecule has 0 aliphatic carbocycles. The van der Waals surface area contributed by atoms with Crippen molar-refractivity contribution in [1.82, 2.24) is 14.6 Å². The number of rotatable bonds is 8. The first kappa shape index (κ1) is 22.5. The molecule has 0 bridgehead atoms. The largest absolute Gasteiger partial charge is 0.478 e. The zero-order valence-corrected chi connectivity index (χ0v) is 17.2. The summed E-state index contributed by atoms with van der Waals surface area (Å²) in [6, 6.07) is -2.25. The van der Waals surface area contributed by atoms with Crippen LogP contribution in [-0.2, 0) is 29.5 Å². The third-order valence-corrected chi connectivity index (χ3v) is 5.60. The molecule has 160 valence electrons. The van der Waals surface area contributed by atoms with Crippen LogP contribution in [0.4, 0.5) is 5.13 Å². The minimum Gasteiger partial charge on any atom is -0.478 e. The number of nitrogens with zero attached hydrogens (tertiary/aromatic N) is 3. The Bertz CT molecular complexity index is 970. The number of oxime groups is 1. The highest BCUT2D eigenvalue weighted by atomic mass is 32.2. The molecule has 5 N–H and O–H groups in total. The predicted octanol–water partition coefficient (Wildman–Crippen LogP) is -0.782. The van der Waals surface area contributed by atoms with E-state index in [1.807, 2.05) is 0 Å². The minimum atomic E-state index is -4.77. The molecule has 2 amide bonds. The van der Waals surface area contributed by atoms with E-state index < -0.39 is 51.5 Å². The van der Waals surface area contributed by atoms with Gasteiger partial charge in [-0.3, -0.25) is 14.1 Å². The maximum Gasteiger partial charge on any atom is 0.362 e. The van der Waals surface area contributed by atoms with Crippen molar-refractivity contribution in [3.8, 4) is 0 Å². The lowest BCUT2D eigenvalue weighted by atomic mass is 9.96. The van der Waals surface area contributed by atoms with Crippen LogP contribution in [0.1, 0.15) is 32.9 Å². The molecule has 1 aliphatic heterocycles. The lowest BCUT2D eigenvalue weighted by Gasteiger charge is -2.43. The molecule has 1 aromatic rings. The Labute approximate surface area is 169 Å². The second-order valence-electron chi connectivity index (χ2n) is 6.46. The van der Waals surface area contributed by atoms with Crippen LogP contribution in [0.15, 0.2) is 10.5 Å². The van der Waals surface area contributed by atoms with Crippen molar-refractivity contribution >= 4 is 50.3 Å². The van der Waals surface area contributed by atoms with Gasteiger partial charge in [-0.05, 0) is 20.3 Å². The highest BCUT2D eigenvalue weighted by Crippen LogP contribution is 2.26. The van der Waals surface area contributed by atoms with E-state index in [0.29, 0.717) is 0 Å². The Morgan fingerprint density at radius 1 is 1.48 bits per heavy atom. The van der Waals surface area contributed by atoms with Gasteiger partial charge in [0.1, 0.15) is 11.7 Å². The van der Waals surface area contributed by atoms with Gasteiger partial charge in [0.15, 0.2) is 10.8 Å². The zero-order valence-electron chi connectivity index (χ0n) is 15.5. The van der Waals surface area contributed by atoms with Crippen LogP contribution in [0.3, 0.4) is 0 Å². The van der Waals surface area contributed by atoms with Crippen molar-refractivity contribution in [3.63, 3.8) is 0 Å². The topological polar surface area (TPSA) is 202 Å². The van der Waals surface area contributed by atoms with Crippen LogP contribution >= 0.6 is 11.3 Å². The van der Waals surface area contributed by atoms with Crippen LogP contribution < -0.4 is 11.1 Å². The molecule has 15 heteroatoms. The molecule has 2 atom stereocenters. The number of hydrogen-bond donors (Lipinski definition) is 4. The second kappa shape index (κ2) is 7.92. The van der Waals surface area contributed by atoms with Crippen LogP contribution in [0.25, 0.3) is 0 Å². The SMILES string of the molecule is CC[C@@H]1[C@@H](NC(=O)C(=NOC(C)(C)C(=O)O)c2csc(N)n2)C(=O)N1S(=O)(=O)O. The average Bonchev–Trinajstić information content (AvgIpc) is 3.01. The van der Waals surface area contributed by atoms with Crippen LogP contribution in [0.5, 0.6) is 0 Å². The number of aliphatic carboxylic acids is 1. The molecule has 0 saturated carbocycles. The Morgan fingerprint density at radius 3 is 2.55 bits per heavy atom. The highest BCUT2D eigenvalue weighted by Gasteiger charge is 2.53. The van der Waals surface area contributed by atoms with Gasteiger partial charge in [0.05, 0.1) is 6.04 Å². The summed E-state index contributed by atoms with van der Waals surface area (Å²) >= 11 is 0.984. The Kier molecular flexibility index (Phi) is 6.15. The zero-order chi connectivity index (χ0) is 22.1. The lowest BCUT2D eigenvalue weighted by molar-refractivity contribution is -0.161. The molecule has 0 unspecified atom stereocenters.